The number of alkyl halides is 3. The van der Waals surface area contributed by atoms with Gasteiger partial charge in [0, 0.05) is 43.4 Å². The summed E-state index contributed by atoms with van der Waals surface area (Å²) in [6.45, 7) is 0.0554. The molecule has 1 aliphatic heterocycles. The number of benzene rings is 2. The summed E-state index contributed by atoms with van der Waals surface area (Å²) >= 11 is 0. The Balaban J connectivity index is 1.49. The van der Waals surface area contributed by atoms with Gasteiger partial charge in [0.25, 0.3) is 11.8 Å². The van der Waals surface area contributed by atoms with Crippen LogP contribution >= 0.6 is 0 Å². The molecular weight excluding hydrogens is 547 g/mol. The molecular formula is C28H28F3N3O7. The third-order valence-electron chi connectivity index (χ3n) is 6.13. The van der Waals surface area contributed by atoms with Crippen molar-refractivity contribution >= 4 is 35.4 Å². The minimum Gasteiger partial charge on any atom is -0.354 e. The number of hydroxylamine groups is 2. The average molecular weight is 576 g/mol. The number of ketones is 1. The molecule has 218 valence electrons. The molecule has 0 radical (unpaired) electrons. The lowest BCUT2D eigenvalue weighted by molar-refractivity contribution is -0.197. The molecule has 0 spiro atoms. The van der Waals surface area contributed by atoms with Crippen molar-refractivity contribution in [1.29, 1.82) is 0 Å². The van der Waals surface area contributed by atoms with Crippen LogP contribution in [0, 0.1) is 0 Å². The highest BCUT2D eigenvalue weighted by Crippen LogP contribution is 2.17. The number of unbranched alkanes of at least 4 members (excludes halogenated alkanes) is 2. The van der Waals surface area contributed by atoms with Crippen molar-refractivity contribution in [3.63, 3.8) is 0 Å². The lowest BCUT2D eigenvalue weighted by Crippen LogP contribution is -2.51. The lowest BCUT2D eigenvalue weighted by Gasteiger charge is -2.19. The van der Waals surface area contributed by atoms with Crippen LogP contribution in [-0.4, -0.2) is 59.2 Å². The van der Waals surface area contributed by atoms with Crippen LogP contribution in [0.4, 0.5) is 13.2 Å². The van der Waals surface area contributed by atoms with E-state index in [1.807, 2.05) is 0 Å². The van der Waals surface area contributed by atoms with Crippen LogP contribution in [0.25, 0.3) is 0 Å². The normalized spacial score (nSPS) is 14.0. The van der Waals surface area contributed by atoms with E-state index in [1.54, 1.807) is 35.6 Å². The number of carbonyl (C=O) groups is 6. The second-order valence-electron chi connectivity index (χ2n) is 9.27. The van der Waals surface area contributed by atoms with Gasteiger partial charge in [-0.1, -0.05) is 61.0 Å². The first kappa shape index (κ1) is 31.0. The van der Waals surface area contributed by atoms with Crippen LogP contribution in [0.15, 0.2) is 54.6 Å². The van der Waals surface area contributed by atoms with Crippen LogP contribution in [0.1, 0.15) is 60.0 Å². The standard InChI is InChI=1S/C28H28F3N3O7/c29-28(30,31)27(40)33-21(17-18-10-12-20(13-11-18)25(38)19-7-3-1-4-8-19)26(39)32-16-6-2-5-9-24(37)41-34-22(35)14-15-23(34)36/h1,3-4,7-8,10-13,21H,2,5-6,9,14-17H2,(H,32,39)(H,33,40). The molecule has 1 atom stereocenters. The fraction of sp³-hybridized carbons (Fsp3) is 0.357. The highest BCUT2D eigenvalue weighted by Gasteiger charge is 2.40. The Kier molecular flexibility index (Phi) is 10.7. The number of halogens is 3. The Hall–Kier alpha value is -4.55. The average Bonchev–Trinajstić information content (AvgIpc) is 3.26. The number of imide groups is 1. The molecule has 1 unspecified atom stereocenters. The lowest BCUT2D eigenvalue weighted by atomic mass is 9.99. The zero-order valence-electron chi connectivity index (χ0n) is 21.9. The number of hydrogen-bond acceptors (Lipinski definition) is 7. The summed E-state index contributed by atoms with van der Waals surface area (Å²) in [7, 11) is 0. The zero-order chi connectivity index (χ0) is 30.0. The van der Waals surface area contributed by atoms with E-state index in [-0.39, 0.29) is 38.0 Å². The molecule has 1 fully saturated rings. The van der Waals surface area contributed by atoms with Crippen molar-refractivity contribution in [2.45, 2.75) is 57.2 Å². The molecule has 1 saturated heterocycles. The van der Waals surface area contributed by atoms with Gasteiger partial charge in [0.05, 0.1) is 0 Å². The summed E-state index contributed by atoms with van der Waals surface area (Å²) in [5.74, 6) is -5.28. The predicted octanol–water partition coefficient (Wildman–Crippen LogP) is 2.79. The van der Waals surface area contributed by atoms with Crippen LogP contribution < -0.4 is 10.6 Å². The summed E-state index contributed by atoms with van der Waals surface area (Å²) in [5.41, 5.74) is 1.23. The topological polar surface area (TPSA) is 139 Å². The van der Waals surface area contributed by atoms with Gasteiger partial charge >= 0.3 is 18.1 Å². The Morgan fingerprint density at radius 3 is 2.07 bits per heavy atom. The van der Waals surface area contributed by atoms with Crippen molar-refractivity contribution in [2.24, 2.45) is 0 Å². The summed E-state index contributed by atoms with van der Waals surface area (Å²) in [5, 5.41) is 4.64. The number of rotatable bonds is 13. The van der Waals surface area contributed by atoms with Gasteiger partial charge < -0.3 is 15.5 Å². The highest BCUT2D eigenvalue weighted by atomic mass is 19.4. The Labute approximate surface area is 233 Å². The number of hydrogen-bond donors (Lipinski definition) is 2. The summed E-state index contributed by atoms with van der Waals surface area (Å²) < 4.78 is 38.6. The Morgan fingerprint density at radius 1 is 0.854 bits per heavy atom. The molecule has 0 aromatic heterocycles. The SMILES string of the molecule is O=C(CCCCCNC(=O)C(Cc1ccc(C(=O)c2ccccc2)cc1)NC(=O)C(F)(F)F)ON1C(=O)CCC1=O. The molecule has 2 N–H and O–H groups in total. The monoisotopic (exact) mass is 575 g/mol. The van der Waals surface area contributed by atoms with Crippen LogP contribution in [0.3, 0.4) is 0 Å². The zero-order valence-corrected chi connectivity index (χ0v) is 21.9. The number of nitrogens with zero attached hydrogens (tertiary/aromatic N) is 1. The van der Waals surface area contributed by atoms with Gasteiger partial charge in [0.2, 0.25) is 5.91 Å². The molecule has 2 aromatic rings. The van der Waals surface area contributed by atoms with Crippen molar-refractivity contribution in [1.82, 2.24) is 15.7 Å². The second kappa shape index (κ2) is 14.2. The maximum absolute atomic E-state index is 12.9. The first-order chi connectivity index (χ1) is 19.5. The molecule has 0 saturated carbocycles. The first-order valence-electron chi connectivity index (χ1n) is 12.9. The molecule has 4 amide bonds. The van der Waals surface area contributed by atoms with Crippen LogP contribution in [-0.2, 0) is 35.2 Å². The van der Waals surface area contributed by atoms with Crippen molar-refractivity contribution in [2.75, 3.05) is 6.54 Å². The quantitative estimate of drug-likeness (QED) is 0.213. The van der Waals surface area contributed by atoms with Gasteiger partial charge in [-0.15, -0.1) is 5.06 Å². The van der Waals surface area contributed by atoms with Crippen molar-refractivity contribution in [3.8, 4) is 0 Å². The minimum atomic E-state index is -5.19. The summed E-state index contributed by atoms with van der Waals surface area (Å²) in [4.78, 5) is 76.3. The molecule has 0 bridgehead atoms. The largest absolute Gasteiger partial charge is 0.471 e. The maximum Gasteiger partial charge on any atom is 0.471 e. The Bertz CT molecular complexity index is 1270. The van der Waals surface area contributed by atoms with Gasteiger partial charge in [-0.3, -0.25) is 24.0 Å². The molecule has 13 heteroatoms. The van der Waals surface area contributed by atoms with E-state index in [1.165, 1.54) is 24.3 Å². The molecule has 10 nitrogen and oxygen atoms in total. The van der Waals surface area contributed by atoms with E-state index >= 15 is 0 Å². The number of amides is 4. The van der Waals surface area contributed by atoms with Crippen molar-refractivity contribution in [3.05, 3.63) is 71.3 Å². The molecule has 1 aliphatic rings. The first-order valence-corrected chi connectivity index (χ1v) is 12.9. The molecule has 41 heavy (non-hydrogen) atoms. The van der Waals surface area contributed by atoms with Gasteiger partial charge in [-0.05, 0) is 18.4 Å². The Morgan fingerprint density at radius 2 is 1.46 bits per heavy atom. The number of carbonyl (C=O) groups excluding carboxylic acids is 6. The van der Waals surface area contributed by atoms with Gasteiger partial charge in [-0.25, -0.2) is 4.79 Å². The number of nitrogens with one attached hydrogen (secondary N) is 2. The predicted molar refractivity (Wildman–Crippen MR) is 137 cm³/mol. The molecule has 3 rings (SSSR count). The van der Waals surface area contributed by atoms with Crippen LogP contribution in [0.2, 0.25) is 0 Å². The van der Waals surface area contributed by atoms with E-state index in [4.69, 9.17) is 4.84 Å². The second-order valence-corrected chi connectivity index (χ2v) is 9.27. The van der Waals surface area contributed by atoms with Gasteiger partial charge in [0.1, 0.15) is 6.04 Å². The van der Waals surface area contributed by atoms with Crippen molar-refractivity contribution < 1.29 is 46.8 Å². The van der Waals surface area contributed by atoms with Crippen LogP contribution in [0.5, 0.6) is 0 Å². The van der Waals surface area contributed by atoms with E-state index in [0.717, 1.165) is 0 Å². The maximum atomic E-state index is 12.9. The molecule has 1 heterocycles. The highest BCUT2D eigenvalue weighted by molar-refractivity contribution is 6.09. The minimum absolute atomic E-state index is 0.0184. The smallest absolute Gasteiger partial charge is 0.354 e. The van der Waals surface area contributed by atoms with Gasteiger partial charge in [0.15, 0.2) is 5.78 Å². The van der Waals surface area contributed by atoms with E-state index in [0.29, 0.717) is 41.0 Å². The van der Waals surface area contributed by atoms with E-state index in [9.17, 15) is 41.9 Å². The molecule has 2 aromatic carbocycles. The third kappa shape index (κ3) is 9.26. The van der Waals surface area contributed by atoms with E-state index in [2.05, 4.69) is 5.32 Å². The fourth-order valence-corrected chi connectivity index (χ4v) is 3.94. The molecule has 0 aliphatic carbocycles. The van der Waals surface area contributed by atoms with E-state index < -0.39 is 41.8 Å². The van der Waals surface area contributed by atoms with Gasteiger partial charge in [-0.2, -0.15) is 13.2 Å². The fourth-order valence-electron chi connectivity index (χ4n) is 3.94. The summed E-state index contributed by atoms with van der Waals surface area (Å²) in [6, 6.07) is 12.9. The third-order valence-corrected chi connectivity index (χ3v) is 6.13. The summed E-state index contributed by atoms with van der Waals surface area (Å²) in [6.07, 6.45) is -4.47.